The van der Waals surface area contributed by atoms with E-state index < -0.39 is 10.0 Å². The van der Waals surface area contributed by atoms with Gasteiger partial charge in [-0.25, -0.2) is 9.71 Å². The van der Waals surface area contributed by atoms with Crippen LogP contribution in [0.25, 0.3) is 5.65 Å². The zero-order chi connectivity index (χ0) is 15.0. The van der Waals surface area contributed by atoms with Crippen molar-refractivity contribution in [3.63, 3.8) is 0 Å². The largest absolute Gasteiger partial charge is 0.371 e. The molecule has 2 N–H and O–H groups in total. The van der Waals surface area contributed by atoms with Crippen LogP contribution in [0, 0.1) is 0 Å². The molecule has 0 bridgehead atoms. The Morgan fingerprint density at radius 3 is 2.76 bits per heavy atom. The third kappa shape index (κ3) is 2.27. The molecule has 10 nitrogen and oxygen atoms in total. The number of hydrogen-bond donors (Lipinski definition) is 2. The number of nitrogens with one attached hydrogen (secondary N) is 2. The maximum Gasteiger partial charge on any atom is 0.284 e. The molecule has 0 aliphatic heterocycles. The number of aryl methyl sites for hydroxylation is 1. The lowest BCUT2D eigenvalue weighted by Crippen LogP contribution is -2.17. The number of rotatable bonds is 4. The minimum atomic E-state index is -3.92. The Hall–Kier alpha value is -2.69. The van der Waals surface area contributed by atoms with Gasteiger partial charge in [0.1, 0.15) is 5.65 Å². The second-order valence-corrected chi connectivity index (χ2v) is 5.75. The van der Waals surface area contributed by atoms with Crippen LogP contribution in [0.15, 0.2) is 29.4 Å². The number of aromatic nitrogens is 6. The number of nitrogens with zero attached hydrogens (tertiary/aromatic N) is 6. The molecular weight excluding hydrogens is 296 g/mol. The fourth-order valence-electron chi connectivity index (χ4n) is 1.89. The van der Waals surface area contributed by atoms with E-state index in [1.807, 2.05) is 0 Å². The van der Waals surface area contributed by atoms with Crippen molar-refractivity contribution in [2.75, 3.05) is 17.1 Å². The second-order valence-electron chi connectivity index (χ2n) is 4.15. The van der Waals surface area contributed by atoms with E-state index >= 15 is 0 Å². The van der Waals surface area contributed by atoms with E-state index in [1.165, 1.54) is 11.4 Å². The Labute approximate surface area is 119 Å². The van der Waals surface area contributed by atoms with Gasteiger partial charge in [-0.15, -0.1) is 5.10 Å². The number of pyridine rings is 1. The number of fused-ring (bicyclic) bond motifs is 1. The SMILES string of the molecule is CNc1nc2ccccn2c1S(=O)(=O)Nc1nnn(C)n1. The van der Waals surface area contributed by atoms with Crippen molar-refractivity contribution in [3.8, 4) is 0 Å². The summed E-state index contributed by atoms with van der Waals surface area (Å²) in [7, 11) is -0.778. The molecule has 0 fully saturated rings. The van der Waals surface area contributed by atoms with Gasteiger partial charge in [0.05, 0.1) is 7.05 Å². The highest BCUT2D eigenvalue weighted by Crippen LogP contribution is 2.23. The van der Waals surface area contributed by atoms with Gasteiger partial charge in [-0.05, 0) is 17.3 Å². The molecule has 110 valence electrons. The average Bonchev–Trinajstić information content (AvgIpc) is 3.01. The molecule has 0 amide bonds. The number of hydrogen-bond acceptors (Lipinski definition) is 7. The molecule has 0 radical (unpaired) electrons. The predicted octanol–water partition coefficient (Wildman–Crippen LogP) is -0.300. The maximum absolute atomic E-state index is 12.5. The molecule has 3 aromatic heterocycles. The average molecular weight is 308 g/mol. The number of sulfonamides is 1. The van der Waals surface area contributed by atoms with Crippen LogP contribution in [0.5, 0.6) is 0 Å². The van der Waals surface area contributed by atoms with Crippen molar-refractivity contribution >= 4 is 27.4 Å². The summed E-state index contributed by atoms with van der Waals surface area (Å²) in [4.78, 5) is 5.37. The van der Waals surface area contributed by atoms with E-state index in [1.54, 1.807) is 31.4 Å². The number of anilines is 2. The minimum Gasteiger partial charge on any atom is -0.371 e. The lowest BCUT2D eigenvalue weighted by molar-refractivity contribution is 0.596. The van der Waals surface area contributed by atoms with Crippen molar-refractivity contribution in [1.82, 2.24) is 29.6 Å². The van der Waals surface area contributed by atoms with Crippen LogP contribution in [0.1, 0.15) is 0 Å². The summed E-state index contributed by atoms with van der Waals surface area (Å²) in [6.07, 6.45) is 1.61. The molecule has 0 aliphatic rings. The highest BCUT2D eigenvalue weighted by atomic mass is 32.2. The Balaban J connectivity index is 2.13. The smallest absolute Gasteiger partial charge is 0.284 e. The minimum absolute atomic E-state index is 0.0203. The van der Waals surface area contributed by atoms with E-state index in [0.29, 0.717) is 5.65 Å². The van der Waals surface area contributed by atoms with Crippen molar-refractivity contribution in [2.45, 2.75) is 5.03 Å². The van der Waals surface area contributed by atoms with Gasteiger partial charge in [0.2, 0.25) is 5.03 Å². The van der Waals surface area contributed by atoms with Gasteiger partial charge in [-0.2, -0.15) is 13.2 Å². The molecule has 3 aromatic rings. The standard InChI is InChI=1S/C10H12N8O2S/c1-11-8-9(18-6-4-3-5-7(18)12-8)21(19,20)15-10-13-16-17(2)14-10/h3-6,11H,1-2H3,(H,14,15). The summed E-state index contributed by atoms with van der Waals surface area (Å²) in [5.74, 6) is 0.128. The van der Waals surface area contributed by atoms with Crippen LogP contribution in [0.3, 0.4) is 0 Å². The quantitative estimate of drug-likeness (QED) is 0.679. The van der Waals surface area contributed by atoms with Crippen LogP contribution in [-0.4, -0.2) is 45.1 Å². The molecule has 21 heavy (non-hydrogen) atoms. The van der Waals surface area contributed by atoms with Crippen molar-refractivity contribution < 1.29 is 8.42 Å². The van der Waals surface area contributed by atoms with Gasteiger partial charge < -0.3 is 5.32 Å². The second kappa shape index (κ2) is 4.70. The summed E-state index contributed by atoms with van der Waals surface area (Å²) >= 11 is 0. The van der Waals surface area contributed by atoms with Crippen LogP contribution < -0.4 is 10.0 Å². The first-order chi connectivity index (χ1) is 10.0. The van der Waals surface area contributed by atoms with Gasteiger partial charge in [-0.1, -0.05) is 11.2 Å². The van der Waals surface area contributed by atoms with E-state index in [-0.39, 0.29) is 16.8 Å². The molecule has 0 aromatic carbocycles. The van der Waals surface area contributed by atoms with E-state index in [2.05, 4.69) is 30.4 Å². The van der Waals surface area contributed by atoms with Crippen LogP contribution in [0.4, 0.5) is 11.8 Å². The summed E-state index contributed by atoms with van der Waals surface area (Å²) in [5, 5.41) is 13.7. The Bertz CT molecular complexity index is 897. The Kier molecular flexibility index (Phi) is 2.97. The highest BCUT2D eigenvalue weighted by Gasteiger charge is 2.26. The van der Waals surface area contributed by atoms with Crippen molar-refractivity contribution in [1.29, 1.82) is 0 Å². The lowest BCUT2D eigenvalue weighted by Gasteiger charge is -2.06. The maximum atomic E-state index is 12.5. The zero-order valence-corrected chi connectivity index (χ0v) is 12.0. The summed E-state index contributed by atoms with van der Waals surface area (Å²) < 4.78 is 28.8. The number of imidazole rings is 1. The van der Waals surface area contributed by atoms with Gasteiger partial charge in [0.25, 0.3) is 16.0 Å². The van der Waals surface area contributed by atoms with Crippen LogP contribution >= 0.6 is 0 Å². The number of tetrazole rings is 1. The van der Waals surface area contributed by atoms with Crippen LogP contribution in [0.2, 0.25) is 0 Å². The molecule has 0 saturated heterocycles. The molecule has 0 aliphatic carbocycles. The molecule has 11 heteroatoms. The van der Waals surface area contributed by atoms with E-state index in [0.717, 1.165) is 4.80 Å². The van der Waals surface area contributed by atoms with Crippen molar-refractivity contribution in [2.24, 2.45) is 7.05 Å². The molecule has 0 unspecified atom stereocenters. The molecule has 3 rings (SSSR count). The molecule has 0 atom stereocenters. The fraction of sp³-hybridized carbons (Fsp3) is 0.200. The third-order valence-electron chi connectivity index (χ3n) is 2.71. The third-order valence-corrected chi connectivity index (χ3v) is 4.06. The lowest BCUT2D eigenvalue weighted by atomic mass is 10.5. The molecule has 3 heterocycles. The van der Waals surface area contributed by atoms with Gasteiger partial charge >= 0.3 is 0 Å². The zero-order valence-electron chi connectivity index (χ0n) is 11.2. The summed E-state index contributed by atoms with van der Waals surface area (Å²) in [6.45, 7) is 0. The van der Waals surface area contributed by atoms with Gasteiger partial charge in [-0.3, -0.25) is 4.40 Å². The van der Waals surface area contributed by atoms with E-state index in [4.69, 9.17) is 0 Å². The topological polar surface area (TPSA) is 119 Å². The first kappa shape index (κ1) is 13.3. The molecule has 0 spiro atoms. The van der Waals surface area contributed by atoms with Crippen molar-refractivity contribution in [3.05, 3.63) is 24.4 Å². The first-order valence-corrected chi connectivity index (χ1v) is 7.41. The van der Waals surface area contributed by atoms with Gasteiger partial charge in [0.15, 0.2) is 5.82 Å². The Morgan fingerprint density at radius 1 is 1.29 bits per heavy atom. The Morgan fingerprint density at radius 2 is 2.10 bits per heavy atom. The van der Waals surface area contributed by atoms with Crippen LogP contribution in [-0.2, 0) is 17.1 Å². The molecular formula is C10H12N8O2S. The summed E-state index contributed by atoms with van der Waals surface area (Å²) in [5.41, 5.74) is 0.509. The van der Waals surface area contributed by atoms with Gasteiger partial charge in [0, 0.05) is 13.2 Å². The first-order valence-electron chi connectivity index (χ1n) is 5.93. The fourth-order valence-corrected chi connectivity index (χ4v) is 3.12. The monoisotopic (exact) mass is 308 g/mol. The molecule has 0 saturated carbocycles. The summed E-state index contributed by atoms with van der Waals surface area (Å²) in [6, 6.07) is 5.20. The normalized spacial score (nSPS) is 11.7. The van der Waals surface area contributed by atoms with E-state index in [9.17, 15) is 8.42 Å². The highest BCUT2D eigenvalue weighted by molar-refractivity contribution is 7.92. The predicted molar refractivity (Wildman–Crippen MR) is 74.3 cm³/mol.